The van der Waals surface area contributed by atoms with Crippen molar-refractivity contribution in [1.29, 1.82) is 0 Å². The highest BCUT2D eigenvalue weighted by molar-refractivity contribution is 5.58. The number of alkyl halides is 3. The van der Waals surface area contributed by atoms with Crippen molar-refractivity contribution in [3.63, 3.8) is 0 Å². The van der Waals surface area contributed by atoms with Gasteiger partial charge in [-0.15, -0.1) is 0 Å². The fourth-order valence-electron chi connectivity index (χ4n) is 2.47. The molecule has 2 nitrogen and oxygen atoms in total. The molecule has 0 unspecified atom stereocenters. The van der Waals surface area contributed by atoms with E-state index in [0.717, 1.165) is 11.6 Å². The maximum atomic E-state index is 13.0. The average molecular weight is 306 g/mol. The molecule has 22 heavy (non-hydrogen) atoms. The minimum atomic E-state index is -4.50. The van der Waals surface area contributed by atoms with Crippen molar-refractivity contribution in [1.82, 2.24) is 0 Å². The molecule has 2 aromatic rings. The zero-order valence-corrected chi connectivity index (χ0v) is 11.4. The maximum Gasteiger partial charge on any atom is 0.419 e. The van der Waals surface area contributed by atoms with Gasteiger partial charge in [0.25, 0.3) is 0 Å². The van der Waals surface area contributed by atoms with E-state index >= 15 is 0 Å². The molecular weight excluding hydrogens is 293 g/mol. The quantitative estimate of drug-likeness (QED) is 0.900. The van der Waals surface area contributed by atoms with Crippen LogP contribution < -0.4 is 4.74 Å². The molecule has 0 saturated heterocycles. The molecule has 114 valence electrons. The first-order valence-corrected chi connectivity index (χ1v) is 6.75. The Hall–Kier alpha value is -2.27. The molecule has 1 N–H and O–H groups in total. The molecule has 2 atom stereocenters. The normalized spacial score (nSPS) is 20.5. The summed E-state index contributed by atoms with van der Waals surface area (Å²) in [5.74, 6) is -0.289. The lowest BCUT2D eigenvalue weighted by atomic mass is 9.93. The van der Waals surface area contributed by atoms with Crippen LogP contribution in [0.1, 0.15) is 22.8 Å². The van der Waals surface area contributed by atoms with Crippen molar-refractivity contribution in [3.8, 4) is 5.75 Å². The number of aliphatic hydroxyl groups is 1. The summed E-state index contributed by atoms with van der Waals surface area (Å²) >= 11 is 0. The first-order valence-electron chi connectivity index (χ1n) is 6.75. The molecule has 1 aliphatic carbocycles. The van der Waals surface area contributed by atoms with Crippen LogP contribution in [0.4, 0.5) is 13.2 Å². The van der Waals surface area contributed by atoms with Crippen molar-refractivity contribution in [2.75, 3.05) is 0 Å². The fraction of sp³-hybridized carbons (Fsp3) is 0.176. The summed E-state index contributed by atoms with van der Waals surface area (Å²) < 4.78 is 44.4. The summed E-state index contributed by atoms with van der Waals surface area (Å²) in [6.45, 7) is 0. The van der Waals surface area contributed by atoms with E-state index in [0.29, 0.717) is 5.56 Å². The highest BCUT2D eigenvalue weighted by Gasteiger charge is 2.35. The summed E-state index contributed by atoms with van der Waals surface area (Å²) in [4.78, 5) is 0. The Kier molecular flexibility index (Phi) is 3.66. The van der Waals surface area contributed by atoms with Gasteiger partial charge >= 0.3 is 6.18 Å². The van der Waals surface area contributed by atoms with Crippen LogP contribution in [-0.4, -0.2) is 11.2 Å². The molecule has 0 fully saturated rings. The van der Waals surface area contributed by atoms with Crippen LogP contribution in [-0.2, 0) is 6.18 Å². The summed E-state index contributed by atoms with van der Waals surface area (Å²) in [6, 6.07) is 12.1. The first kappa shape index (κ1) is 14.7. The highest BCUT2D eigenvalue weighted by atomic mass is 19.4. The van der Waals surface area contributed by atoms with Gasteiger partial charge in [0.1, 0.15) is 18.0 Å². The summed E-state index contributed by atoms with van der Waals surface area (Å²) in [7, 11) is 0. The Morgan fingerprint density at radius 2 is 1.64 bits per heavy atom. The molecule has 1 aliphatic rings. The van der Waals surface area contributed by atoms with Gasteiger partial charge in [0, 0.05) is 0 Å². The molecule has 5 heteroatoms. The SMILES string of the molecule is O[C@H]1c2ccccc2C=C[C@@H]1Oc1ccccc1C(F)(F)F. The minimum absolute atomic E-state index is 0.289. The standard InChI is InChI=1S/C17H13F3O2/c18-17(19,20)13-7-3-4-8-14(13)22-15-10-9-11-5-1-2-6-12(11)16(15)21/h1-10,15-16,21H/t15-,16-/m0/s1. The Morgan fingerprint density at radius 3 is 2.41 bits per heavy atom. The van der Waals surface area contributed by atoms with Gasteiger partial charge in [0.2, 0.25) is 0 Å². The number of fused-ring (bicyclic) bond motifs is 1. The van der Waals surface area contributed by atoms with E-state index in [1.54, 1.807) is 24.3 Å². The molecule has 0 amide bonds. The second-order valence-corrected chi connectivity index (χ2v) is 5.01. The van der Waals surface area contributed by atoms with E-state index in [2.05, 4.69) is 0 Å². The van der Waals surface area contributed by atoms with Gasteiger partial charge in [-0.2, -0.15) is 13.2 Å². The number of hydrogen-bond donors (Lipinski definition) is 1. The number of halogens is 3. The number of hydrogen-bond acceptors (Lipinski definition) is 2. The Balaban J connectivity index is 1.90. The predicted octanol–water partition coefficient (Wildman–Crippen LogP) is 4.21. The van der Waals surface area contributed by atoms with Crippen LogP contribution >= 0.6 is 0 Å². The van der Waals surface area contributed by atoms with E-state index in [9.17, 15) is 18.3 Å². The zero-order valence-electron chi connectivity index (χ0n) is 11.4. The zero-order chi connectivity index (χ0) is 15.7. The van der Waals surface area contributed by atoms with E-state index in [1.807, 2.05) is 12.1 Å². The third-order valence-corrected chi connectivity index (χ3v) is 3.55. The van der Waals surface area contributed by atoms with E-state index in [-0.39, 0.29) is 5.75 Å². The molecule has 0 radical (unpaired) electrons. The summed E-state index contributed by atoms with van der Waals surface area (Å²) in [6.07, 6.45) is -3.07. The topological polar surface area (TPSA) is 29.5 Å². The van der Waals surface area contributed by atoms with E-state index in [1.165, 1.54) is 18.2 Å². The predicted molar refractivity (Wildman–Crippen MR) is 76.3 cm³/mol. The molecule has 0 aliphatic heterocycles. The van der Waals surface area contributed by atoms with Crippen LogP contribution in [0, 0.1) is 0 Å². The smallest absolute Gasteiger partial charge is 0.419 e. The van der Waals surface area contributed by atoms with Gasteiger partial charge < -0.3 is 9.84 Å². The summed E-state index contributed by atoms with van der Waals surface area (Å²) in [5.41, 5.74) is 0.618. The molecule has 3 rings (SSSR count). The van der Waals surface area contributed by atoms with Crippen molar-refractivity contribution in [3.05, 3.63) is 71.3 Å². The third-order valence-electron chi connectivity index (χ3n) is 3.55. The van der Waals surface area contributed by atoms with Crippen molar-refractivity contribution in [2.45, 2.75) is 18.4 Å². The van der Waals surface area contributed by atoms with Gasteiger partial charge in [0.15, 0.2) is 0 Å². The van der Waals surface area contributed by atoms with Crippen molar-refractivity contribution < 1.29 is 23.0 Å². The monoisotopic (exact) mass is 306 g/mol. The van der Waals surface area contributed by atoms with Crippen LogP contribution in [0.3, 0.4) is 0 Å². The molecule has 0 spiro atoms. The number of aliphatic hydroxyl groups excluding tert-OH is 1. The number of rotatable bonds is 2. The Labute approximate surface area is 125 Å². The van der Waals surface area contributed by atoms with Gasteiger partial charge in [-0.05, 0) is 29.3 Å². The van der Waals surface area contributed by atoms with Crippen molar-refractivity contribution >= 4 is 6.08 Å². The lowest BCUT2D eigenvalue weighted by Gasteiger charge is -2.27. The lowest BCUT2D eigenvalue weighted by Crippen LogP contribution is -2.27. The average Bonchev–Trinajstić information content (AvgIpc) is 2.50. The Bertz CT molecular complexity index is 707. The van der Waals surface area contributed by atoms with Crippen LogP contribution in [0.25, 0.3) is 6.08 Å². The van der Waals surface area contributed by atoms with Gasteiger partial charge in [-0.1, -0.05) is 42.5 Å². The van der Waals surface area contributed by atoms with Crippen LogP contribution in [0.2, 0.25) is 0 Å². The van der Waals surface area contributed by atoms with Crippen molar-refractivity contribution in [2.24, 2.45) is 0 Å². The number of ether oxygens (including phenoxy) is 1. The van der Waals surface area contributed by atoms with E-state index in [4.69, 9.17) is 4.74 Å². The minimum Gasteiger partial charge on any atom is -0.483 e. The molecule has 0 aromatic heterocycles. The van der Waals surface area contributed by atoms with E-state index < -0.39 is 23.9 Å². The third kappa shape index (κ3) is 2.72. The van der Waals surface area contributed by atoms with Crippen LogP contribution in [0.5, 0.6) is 5.75 Å². The van der Waals surface area contributed by atoms with Gasteiger partial charge in [0.05, 0.1) is 5.56 Å². The second kappa shape index (κ2) is 5.50. The molecule has 0 bridgehead atoms. The largest absolute Gasteiger partial charge is 0.483 e. The number of benzene rings is 2. The fourth-order valence-corrected chi connectivity index (χ4v) is 2.47. The van der Waals surface area contributed by atoms with Crippen LogP contribution in [0.15, 0.2) is 54.6 Å². The van der Waals surface area contributed by atoms with Gasteiger partial charge in [-0.3, -0.25) is 0 Å². The maximum absolute atomic E-state index is 13.0. The molecule has 2 aromatic carbocycles. The Morgan fingerprint density at radius 1 is 0.955 bits per heavy atom. The first-order chi connectivity index (χ1) is 10.5. The second-order valence-electron chi connectivity index (χ2n) is 5.01. The summed E-state index contributed by atoms with van der Waals surface area (Å²) in [5, 5.41) is 10.3. The molecule has 0 heterocycles. The number of para-hydroxylation sites is 1. The lowest BCUT2D eigenvalue weighted by molar-refractivity contribution is -0.139. The molecular formula is C17H13F3O2. The highest BCUT2D eigenvalue weighted by Crippen LogP contribution is 2.38. The molecule has 0 saturated carbocycles. The van der Waals surface area contributed by atoms with Gasteiger partial charge in [-0.25, -0.2) is 0 Å².